The zero-order chi connectivity index (χ0) is 42.4. The second-order valence-corrected chi connectivity index (χ2v) is 17.2. The third-order valence-electron chi connectivity index (χ3n) is 14.1. The van der Waals surface area contributed by atoms with E-state index in [1.807, 2.05) is 24.8 Å². The lowest BCUT2D eigenvalue weighted by atomic mass is 9.65. The van der Waals surface area contributed by atoms with Crippen LogP contribution in [0.1, 0.15) is 22.3 Å². The maximum absolute atomic E-state index is 7.29. The van der Waals surface area contributed by atoms with E-state index in [4.69, 9.17) is 14.7 Å². The first kappa shape index (κ1) is 34.7. The molecule has 0 N–H and O–H groups in total. The highest BCUT2D eigenvalue weighted by molar-refractivity contribution is 6.13. The number of ether oxygens (including phenoxy) is 1. The van der Waals surface area contributed by atoms with Crippen molar-refractivity contribution in [2.45, 2.75) is 5.41 Å². The van der Waals surface area contributed by atoms with Crippen LogP contribution >= 0.6 is 0 Å². The van der Waals surface area contributed by atoms with Gasteiger partial charge in [0.25, 0.3) is 0 Å². The molecule has 13 aromatic rings. The van der Waals surface area contributed by atoms with Crippen LogP contribution in [0.5, 0.6) is 11.5 Å². The number of fused-ring (bicyclic) bond motifs is 18. The molecule has 7 heterocycles. The number of rotatable bonds is 3. The molecule has 1 spiro atoms. The van der Waals surface area contributed by atoms with Gasteiger partial charge in [0, 0.05) is 79.5 Å². The predicted molar refractivity (Wildman–Crippen MR) is 260 cm³/mol. The molecule has 1 aliphatic carbocycles. The lowest BCUT2D eigenvalue weighted by Gasteiger charge is -2.40. The Morgan fingerprint density at radius 1 is 0.369 bits per heavy atom. The Morgan fingerprint density at radius 3 is 1.57 bits per heavy atom. The molecule has 0 unspecified atom stereocenters. The number of benzene rings is 7. The molecule has 6 aromatic heterocycles. The van der Waals surface area contributed by atoms with E-state index in [0.29, 0.717) is 0 Å². The van der Waals surface area contributed by atoms with E-state index in [-0.39, 0.29) is 0 Å². The Balaban J connectivity index is 0.991. The van der Waals surface area contributed by atoms with Crippen LogP contribution in [0.4, 0.5) is 0 Å². The molecule has 302 valence electrons. The normalized spacial score (nSPS) is 13.5. The van der Waals surface area contributed by atoms with Crippen LogP contribution in [0.25, 0.3) is 93.9 Å². The fraction of sp³-hybridized carbons (Fsp3) is 0.0172. The van der Waals surface area contributed by atoms with Gasteiger partial charge in [-0.25, -0.2) is 0 Å². The molecule has 0 fully saturated rings. The first-order valence-corrected chi connectivity index (χ1v) is 22.0. The molecule has 15 rings (SSSR count). The molecule has 0 radical (unpaired) electrons. The Labute approximate surface area is 371 Å². The SMILES string of the molecule is c1cc2c(c(-n3c4ccccc4c4ccccc43)c1)C1(c3ccc(-n4c5ccccc5c5cc(-n6c7ccccc7c7ccncc76)ccc54)cc3O2)c2cccnc2-c2ncccc21. The number of pyridine rings is 3. The van der Waals surface area contributed by atoms with Crippen molar-refractivity contribution in [1.82, 2.24) is 28.7 Å². The van der Waals surface area contributed by atoms with Crippen LogP contribution in [0, 0.1) is 0 Å². The zero-order valence-corrected chi connectivity index (χ0v) is 34.7. The minimum Gasteiger partial charge on any atom is -0.457 e. The van der Waals surface area contributed by atoms with Gasteiger partial charge >= 0.3 is 0 Å². The lowest BCUT2D eigenvalue weighted by molar-refractivity contribution is 0.435. The molecule has 7 heteroatoms. The highest BCUT2D eigenvalue weighted by Crippen LogP contribution is 2.63. The van der Waals surface area contributed by atoms with Gasteiger partial charge in [-0.3, -0.25) is 15.0 Å². The number of hydrogen-bond acceptors (Lipinski definition) is 4. The molecule has 0 atom stereocenters. The third kappa shape index (κ3) is 4.41. The van der Waals surface area contributed by atoms with E-state index >= 15 is 0 Å². The van der Waals surface area contributed by atoms with Crippen LogP contribution in [-0.2, 0) is 5.41 Å². The molecule has 1 aliphatic heterocycles. The smallest absolute Gasteiger partial charge is 0.134 e. The van der Waals surface area contributed by atoms with Crippen molar-refractivity contribution < 1.29 is 4.74 Å². The van der Waals surface area contributed by atoms with E-state index < -0.39 is 5.41 Å². The highest BCUT2D eigenvalue weighted by atomic mass is 16.5. The van der Waals surface area contributed by atoms with Crippen LogP contribution in [0.15, 0.2) is 207 Å². The number of hydrogen-bond donors (Lipinski definition) is 0. The Kier molecular flexibility index (Phi) is 6.76. The van der Waals surface area contributed by atoms with E-state index in [1.54, 1.807) is 0 Å². The van der Waals surface area contributed by atoms with Crippen molar-refractivity contribution in [3.05, 3.63) is 229 Å². The molecule has 65 heavy (non-hydrogen) atoms. The largest absolute Gasteiger partial charge is 0.457 e. The zero-order valence-electron chi connectivity index (χ0n) is 34.7. The first-order valence-electron chi connectivity index (χ1n) is 22.0. The Bertz CT molecular complexity index is 4040. The molecular formula is C58H34N6O. The van der Waals surface area contributed by atoms with Crippen molar-refractivity contribution >= 4 is 65.4 Å². The Hall–Kier alpha value is -8.81. The average molecular weight is 831 g/mol. The van der Waals surface area contributed by atoms with Gasteiger partial charge in [-0.15, -0.1) is 0 Å². The minimum absolute atomic E-state index is 0.793. The Morgan fingerprint density at radius 2 is 0.908 bits per heavy atom. The van der Waals surface area contributed by atoms with Gasteiger partial charge in [0.1, 0.15) is 11.5 Å². The summed E-state index contributed by atoms with van der Waals surface area (Å²) in [6.45, 7) is 0. The maximum atomic E-state index is 7.29. The van der Waals surface area contributed by atoms with Crippen molar-refractivity contribution in [2.75, 3.05) is 0 Å². The lowest BCUT2D eigenvalue weighted by Crippen LogP contribution is -2.33. The van der Waals surface area contributed by atoms with E-state index in [1.165, 1.54) is 32.3 Å². The third-order valence-corrected chi connectivity index (χ3v) is 14.1. The monoisotopic (exact) mass is 830 g/mol. The summed E-state index contributed by atoms with van der Waals surface area (Å²) in [4.78, 5) is 14.7. The predicted octanol–water partition coefficient (Wildman–Crippen LogP) is 13.6. The fourth-order valence-corrected chi connectivity index (χ4v) is 11.6. The second kappa shape index (κ2) is 12.6. The molecule has 0 saturated heterocycles. The molecule has 2 aliphatic rings. The molecular weight excluding hydrogens is 797 g/mol. The topological polar surface area (TPSA) is 62.7 Å². The summed E-state index contributed by atoms with van der Waals surface area (Å²) in [6.07, 6.45) is 7.61. The summed E-state index contributed by atoms with van der Waals surface area (Å²) in [6, 6.07) is 65.5. The van der Waals surface area contributed by atoms with E-state index in [9.17, 15) is 0 Å². The molecule has 0 bridgehead atoms. The minimum atomic E-state index is -0.801. The molecule has 7 nitrogen and oxygen atoms in total. The van der Waals surface area contributed by atoms with Crippen LogP contribution < -0.4 is 4.74 Å². The van der Waals surface area contributed by atoms with Crippen molar-refractivity contribution in [1.29, 1.82) is 0 Å². The summed E-state index contributed by atoms with van der Waals surface area (Å²) in [7, 11) is 0. The standard InChI is InChI=1S/C58H34N6O/c1-5-18-46-39(14-1)41-28-31-59-34-52(41)63(46)35-25-27-50-42(32-35)40-15-4-6-19-47(40)62(50)36-24-26-43-54(33-36)65-53-23-9-22-51(64-48-20-7-2-12-37(48)38-13-3-8-21-49(38)64)55(53)58(43)44-16-10-29-60-56(44)57-45(58)17-11-30-61-57/h1-34H. The number of aromatic nitrogens is 6. The van der Waals surface area contributed by atoms with E-state index in [0.717, 1.165) is 95.3 Å². The summed E-state index contributed by atoms with van der Waals surface area (Å²) >= 11 is 0. The van der Waals surface area contributed by atoms with Gasteiger partial charge in [0.15, 0.2) is 0 Å². The van der Waals surface area contributed by atoms with Crippen LogP contribution in [0.3, 0.4) is 0 Å². The van der Waals surface area contributed by atoms with Gasteiger partial charge < -0.3 is 18.4 Å². The summed E-state index contributed by atoms with van der Waals surface area (Å²) in [5.41, 5.74) is 15.2. The summed E-state index contributed by atoms with van der Waals surface area (Å²) < 4.78 is 14.4. The fourth-order valence-electron chi connectivity index (χ4n) is 11.6. The summed E-state index contributed by atoms with van der Waals surface area (Å²) in [5.74, 6) is 1.59. The van der Waals surface area contributed by atoms with Gasteiger partial charge in [-0.05, 0) is 90.0 Å². The number of para-hydroxylation sites is 4. The second-order valence-electron chi connectivity index (χ2n) is 17.2. The van der Waals surface area contributed by atoms with Crippen molar-refractivity contribution in [3.8, 4) is 39.9 Å². The quantitative estimate of drug-likeness (QED) is 0.178. The molecule has 0 saturated carbocycles. The van der Waals surface area contributed by atoms with Gasteiger partial charge in [0.2, 0.25) is 0 Å². The van der Waals surface area contributed by atoms with Crippen LogP contribution in [-0.4, -0.2) is 28.7 Å². The highest BCUT2D eigenvalue weighted by Gasteiger charge is 2.54. The van der Waals surface area contributed by atoms with Gasteiger partial charge in [0.05, 0.1) is 61.8 Å². The van der Waals surface area contributed by atoms with Crippen molar-refractivity contribution in [3.63, 3.8) is 0 Å². The van der Waals surface area contributed by atoms with Crippen LogP contribution in [0.2, 0.25) is 0 Å². The van der Waals surface area contributed by atoms with Gasteiger partial charge in [-0.2, -0.15) is 0 Å². The molecule has 7 aromatic carbocycles. The van der Waals surface area contributed by atoms with Crippen molar-refractivity contribution in [2.24, 2.45) is 0 Å². The van der Waals surface area contributed by atoms with Gasteiger partial charge in [-0.1, -0.05) is 97.1 Å². The first-order chi connectivity index (χ1) is 32.3. The summed E-state index contributed by atoms with van der Waals surface area (Å²) in [5, 5.41) is 7.15. The average Bonchev–Trinajstić information content (AvgIpc) is 4.08. The number of nitrogens with zero attached hydrogens (tertiary/aromatic N) is 6. The molecule has 0 amide bonds. The maximum Gasteiger partial charge on any atom is 0.134 e. The van der Waals surface area contributed by atoms with E-state index in [2.05, 4.69) is 201 Å².